The van der Waals surface area contributed by atoms with Crippen LogP contribution in [0.4, 0.5) is 5.69 Å². The Bertz CT molecular complexity index is 594. The zero-order valence-corrected chi connectivity index (χ0v) is 12.6. The molecule has 2 aromatic rings. The van der Waals surface area contributed by atoms with Gasteiger partial charge in [-0.2, -0.15) is 0 Å². The summed E-state index contributed by atoms with van der Waals surface area (Å²) in [7, 11) is 1.59. The first kappa shape index (κ1) is 15.1. The maximum atomic E-state index is 12.0. The minimum atomic E-state index is -0.0719. The van der Waals surface area contributed by atoms with Crippen molar-refractivity contribution in [3.8, 4) is 5.75 Å². The molecule has 21 heavy (non-hydrogen) atoms. The molecule has 1 heterocycles. The van der Waals surface area contributed by atoms with Gasteiger partial charge in [-0.05, 0) is 43.7 Å². The first-order chi connectivity index (χ1) is 10.1. The van der Waals surface area contributed by atoms with Gasteiger partial charge in [0.2, 0.25) is 0 Å². The second kappa shape index (κ2) is 6.95. The van der Waals surface area contributed by atoms with Crippen LogP contribution in [0.3, 0.4) is 0 Å². The van der Waals surface area contributed by atoms with Gasteiger partial charge in [-0.15, -0.1) is 0 Å². The van der Waals surface area contributed by atoms with E-state index in [1.807, 2.05) is 49.5 Å². The predicted molar refractivity (Wildman–Crippen MR) is 80.3 cm³/mol. The van der Waals surface area contributed by atoms with Gasteiger partial charge in [0.15, 0.2) is 12.3 Å². The SMILES string of the molecule is COc1ccc(C)cc1NC(=O)C[NH2+][C@H](C)c1ccco1. The number of amides is 1. The summed E-state index contributed by atoms with van der Waals surface area (Å²) in [6.07, 6.45) is 1.64. The molecule has 2 rings (SSSR count). The van der Waals surface area contributed by atoms with E-state index in [1.165, 1.54) is 0 Å². The molecule has 0 saturated carbocycles. The molecule has 1 aromatic heterocycles. The number of ether oxygens (including phenoxy) is 1. The Kier molecular flexibility index (Phi) is 5.00. The highest BCUT2D eigenvalue weighted by Crippen LogP contribution is 2.24. The van der Waals surface area contributed by atoms with Crippen LogP contribution in [0.25, 0.3) is 0 Å². The van der Waals surface area contributed by atoms with Crippen molar-refractivity contribution in [3.63, 3.8) is 0 Å². The standard InChI is InChI=1S/C16H20N2O3/c1-11-6-7-15(20-3)13(9-11)18-16(19)10-17-12(2)14-5-4-8-21-14/h4-9,12,17H,10H2,1-3H3,(H,18,19)/p+1/t12-/m1/s1. The Balaban J connectivity index is 1.91. The first-order valence-electron chi connectivity index (χ1n) is 6.91. The fraction of sp³-hybridized carbons (Fsp3) is 0.312. The van der Waals surface area contributed by atoms with E-state index >= 15 is 0 Å². The Hall–Kier alpha value is -2.27. The van der Waals surface area contributed by atoms with E-state index in [9.17, 15) is 4.79 Å². The Labute approximate surface area is 124 Å². The van der Waals surface area contributed by atoms with E-state index in [1.54, 1.807) is 13.4 Å². The van der Waals surface area contributed by atoms with E-state index in [0.29, 0.717) is 18.0 Å². The van der Waals surface area contributed by atoms with Crippen molar-refractivity contribution < 1.29 is 19.3 Å². The van der Waals surface area contributed by atoms with Gasteiger partial charge >= 0.3 is 0 Å². The molecule has 3 N–H and O–H groups in total. The van der Waals surface area contributed by atoms with Crippen molar-refractivity contribution in [2.24, 2.45) is 0 Å². The van der Waals surface area contributed by atoms with Crippen LogP contribution in [-0.4, -0.2) is 19.6 Å². The van der Waals surface area contributed by atoms with Crippen molar-refractivity contribution in [1.29, 1.82) is 0 Å². The van der Waals surface area contributed by atoms with Gasteiger partial charge in [0.1, 0.15) is 11.8 Å². The van der Waals surface area contributed by atoms with E-state index < -0.39 is 0 Å². The zero-order valence-electron chi connectivity index (χ0n) is 12.6. The highest BCUT2D eigenvalue weighted by molar-refractivity contribution is 5.93. The quantitative estimate of drug-likeness (QED) is 0.853. The number of carbonyl (C=O) groups is 1. The third kappa shape index (κ3) is 4.10. The summed E-state index contributed by atoms with van der Waals surface area (Å²) in [5, 5.41) is 4.80. The maximum absolute atomic E-state index is 12.0. The molecule has 1 atom stereocenters. The fourth-order valence-electron chi connectivity index (χ4n) is 2.07. The van der Waals surface area contributed by atoms with Gasteiger partial charge in [0.25, 0.3) is 5.91 Å². The largest absolute Gasteiger partial charge is 0.495 e. The van der Waals surface area contributed by atoms with Crippen molar-refractivity contribution in [2.75, 3.05) is 19.0 Å². The number of aryl methyl sites for hydroxylation is 1. The van der Waals surface area contributed by atoms with Gasteiger partial charge in [-0.25, -0.2) is 0 Å². The van der Waals surface area contributed by atoms with E-state index in [0.717, 1.165) is 11.3 Å². The molecule has 0 spiro atoms. The van der Waals surface area contributed by atoms with Gasteiger partial charge in [0, 0.05) is 0 Å². The lowest BCUT2D eigenvalue weighted by Crippen LogP contribution is -2.86. The lowest BCUT2D eigenvalue weighted by molar-refractivity contribution is -0.684. The Morgan fingerprint density at radius 2 is 2.24 bits per heavy atom. The van der Waals surface area contributed by atoms with Gasteiger partial charge in [0.05, 0.1) is 19.1 Å². The van der Waals surface area contributed by atoms with E-state index in [4.69, 9.17) is 9.15 Å². The monoisotopic (exact) mass is 289 g/mol. The summed E-state index contributed by atoms with van der Waals surface area (Å²) < 4.78 is 10.6. The lowest BCUT2D eigenvalue weighted by atomic mass is 10.2. The van der Waals surface area contributed by atoms with Crippen LogP contribution in [0.5, 0.6) is 5.75 Å². The van der Waals surface area contributed by atoms with Crippen molar-refractivity contribution in [1.82, 2.24) is 0 Å². The normalized spacial score (nSPS) is 12.0. The van der Waals surface area contributed by atoms with Gasteiger partial charge in [-0.1, -0.05) is 6.07 Å². The molecule has 0 aliphatic rings. The van der Waals surface area contributed by atoms with Crippen LogP contribution in [0.2, 0.25) is 0 Å². The third-order valence-corrected chi connectivity index (χ3v) is 3.28. The number of quaternary nitrogens is 1. The molecule has 5 nitrogen and oxygen atoms in total. The lowest BCUT2D eigenvalue weighted by Gasteiger charge is -2.12. The summed E-state index contributed by atoms with van der Waals surface area (Å²) in [5.74, 6) is 1.45. The number of rotatable bonds is 6. The smallest absolute Gasteiger partial charge is 0.279 e. The second-order valence-corrected chi connectivity index (χ2v) is 5.00. The zero-order chi connectivity index (χ0) is 15.2. The highest BCUT2D eigenvalue weighted by atomic mass is 16.5. The molecule has 0 fully saturated rings. The summed E-state index contributed by atoms with van der Waals surface area (Å²) in [6.45, 7) is 4.29. The minimum absolute atomic E-state index is 0.0719. The van der Waals surface area contributed by atoms with Gasteiger partial charge in [-0.3, -0.25) is 4.79 Å². The summed E-state index contributed by atoms with van der Waals surface area (Å²) in [5.41, 5.74) is 1.76. The second-order valence-electron chi connectivity index (χ2n) is 5.00. The molecule has 5 heteroatoms. The number of furan rings is 1. The number of methoxy groups -OCH3 is 1. The molecule has 0 radical (unpaired) electrons. The number of benzene rings is 1. The Morgan fingerprint density at radius 1 is 1.43 bits per heavy atom. The summed E-state index contributed by atoms with van der Waals surface area (Å²) >= 11 is 0. The summed E-state index contributed by atoms with van der Waals surface area (Å²) in [6, 6.07) is 9.54. The molecule has 112 valence electrons. The van der Waals surface area contributed by atoms with Crippen molar-refractivity contribution >= 4 is 11.6 Å². The van der Waals surface area contributed by atoms with Crippen LogP contribution in [0, 0.1) is 6.92 Å². The molecular formula is C16H21N2O3+. The highest BCUT2D eigenvalue weighted by Gasteiger charge is 2.14. The van der Waals surface area contributed by atoms with Crippen LogP contribution >= 0.6 is 0 Å². The topological polar surface area (TPSA) is 68.1 Å². The molecule has 0 unspecified atom stereocenters. The number of carbonyl (C=O) groups excluding carboxylic acids is 1. The average molecular weight is 289 g/mol. The molecular weight excluding hydrogens is 268 g/mol. The molecule has 0 saturated heterocycles. The average Bonchev–Trinajstić information content (AvgIpc) is 2.99. The molecule has 0 aliphatic heterocycles. The predicted octanol–water partition coefficient (Wildman–Crippen LogP) is 1.86. The van der Waals surface area contributed by atoms with Crippen LogP contribution in [-0.2, 0) is 4.79 Å². The van der Waals surface area contributed by atoms with E-state index in [2.05, 4.69) is 5.32 Å². The van der Waals surface area contributed by atoms with Crippen LogP contribution in [0.1, 0.15) is 24.3 Å². The number of anilines is 1. The number of nitrogens with two attached hydrogens (primary N) is 1. The number of hydrogen-bond acceptors (Lipinski definition) is 3. The number of hydrogen-bond donors (Lipinski definition) is 2. The minimum Gasteiger partial charge on any atom is -0.495 e. The van der Waals surface area contributed by atoms with Crippen LogP contribution in [0.15, 0.2) is 41.0 Å². The molecule has 1 aromatic carbocycles. The fourth-order valence-corrected chi connectivity index (χ4v) is 2.07. The molecule has 1 amide bonds. The van der Waals surface area contributed by atoms with Crippen LogP contribution < -0.4 is 15.4 Å². The molecule has 0 bridgehead atoms. The number of nitrogens with one attached hydrogen (secondary N) is 1. The third-order valence-electron chi connectivity index (χ3n) is 3.28. The maximum Gasteiger partial charge on any atom is 0.279 e. The van der Waals surface area contributed by atoms with Crippen molar-refractivity contribution in [3.05, 3.63) is 47.9 Å². The Morgan fingerprint density at radius 3 is 2.90 bits per heavy atom. The van der Waals surface area contributed by atoms with Gasteiger partial charge < -0.3 is 19.8 Å². The van der Waals surface area contributed by atoms with Crippen molar-refractivity contribution in [2.45, 2.75) is 19.9 Å². The first-order valence-corrected chi connectivity index (χ1v) is 6.91. The molecule has 0 aliphatic carbocycles. The van der Waals surface area contributed by atoms with E-state index in [-0.39, 0.29) is 11.9 Å². The summed E-state index contributed by atoms with van der Waals surface area (Å²) in [4.78, 5) is 12.0.